The molecule has 0 spiro atoms. The minimum absolute atomic E-state index is 0.0296. The van der Waals surface area contributed by atoms with Crippen molar-refractivity contribution in [2.45, 2.75) is 32.2 Å². The third-order valence-electron chi connectivity index (χ3n) is 4.53. The van der Waals surface area contributed by atoms with Crippen molar-refractivity contribution < 1.29 is 4.79 Å². The van der Waals surface area contributed by atoms with Gasteiger partial charge in [-0.1, -0.05) is 22.4 Å². The van der Waals surface area contributed by atoms with Gasteiger partial charge in [0.1, 0.15) is 0 Å². The van der Waals surface area contributed by atoms with Gasteiger partial charge in [0.15, 0.2) is 0 Å². The van der Waals surface area contributed by atoms with Crippen molar-refractivity contribution in [3.05, 3.63) is 28.2 Å². The van der Waals surface area contributed by atoms with Crippen molar-refractivity contribution in [1.29, 1.82) is 0 Å². The number of piperazine rings is 1. The van der Waals surface area contributed by atoms with Crippen LogP contribution < -0.4 is 5.32 Å². The molecule has 21 heavy (non-hydrogen) atoms. The average molecular weight is 352 g/mol. The topological polar surface area (TPSA) is 35.6 Å². The quantitative estimate of drug-likeness (QED) is 0.840. The summed E-state index contributed by atoms with van der Waals surface area (Å²) in [5.74, 6) is 0. The lowest BCUT2D eigenvalue weighted by Crippen LogP contribution is -2.56. The Morgan fingerprint density at radius 3 is 2.95 bits per heavy atom. The van der Waals surface area contributed by atoms with E-state index in [9.17, 15) is 4.79 Å². The van der Waals surface area contributed by atoms with Crippen molar-refractivity contribution in [2.24, 2.45) is 0 Å². The number of hydrogen-bond donors (Lipinski definition) is 1. The van der Waals surface area contributed by atoms with Gasteiger partial charge in [-0.25, -0.2) is 4.79 Å². The number of aryl methyl sites for hydroxylation is 1. The first-order chi connectivity index (χ1) is 10.1. The van der Waals surface area contributed by atoms with Crippen LogP contribution in [-0.2, 0) is 0 Å². The molecule has 0 aliphatic carbocycles. The summed E-state index contributed by atoms with van der Waals surface area (Å²) in [4.78, 5) is 16.9. The Kier molecular flexibility index (Phi) is 4.50. The van der Waals surface area contributed by atoms with E-state index < -0.39 is 0 Å². The molecule has 2 amide bonds. The predicted molar refractivity (Wildman–Crippen MR) is 88.7 cm³/mol. The molecule has 1 aromatic carbocycles. The number of rotatable bonds is 1. The molecule has 2 fully saturated rings. The zero-order chi connectivity index (χ0) is 14.8. The van der Waals surface area contributed by atoms with E-state index >= 15 is 0 Å². The Morgan fingerprint density at radius 2 is 2.14 bits per heavy atom. The van der Waals surface area contributed by atoms with Gasteiger partial charge in [-0.05, 0) is 50.1 Å². The molecule has 0 aromatic heterocycles. The number of nitrogens with zero attached hydrogens (tertiary/aromatic N) is 2. The van der Waals surface area contributed by atoms with Crippen LogP contribution in [0.5, 0.6) is 0 Å². The smallest absolute Gasteiger partial charge is 0.321 e. The van der Waals surface area contributed by atoms with Crippen LogP contribution in [0, 0.1) is 6.92 Å². The summed E-state index contributed by atoms with van der Waals surface area (Å²) >= 11 is 3.48. The summed E-state index contributed by atoms with van der Waals surface area (Å²) in [5.41, 5.74) is 2.00. The Bertz CT molecular complexity index is 534. The van der Waals surface area contributed by atoms with Gasteiger partial charge in [0, 0.05) is 35.8 Å². The summed E-state index contributed by atoms with van der Waals surface area (Å²) in [6.07, 6.45) is 3.82. The number of hydrogen-bond acceptors (Lipinski definition) is 2. The van der Waals surface area contributed by atoms with E-state index in [1.807, 2.05) is 30.0 Å². The maximum atomic E-state index is 12.4. The largest absolute Gasteiger partial charge is 0.322 e. The van der Waals surface area contributed by atoms with Gasteiger partial charge in [-0.15, -0.1) is 0 Å². The van der Waals surface area contributed by atoms with E-state index in [-0.39, 0.29) is 6.03 Å². The average Bonchev–Trinajstić information content (AvgIpc) is 2.50. The number of amides is 2. The van der Waals surface area contributed by atoms with Gasteiger partial charge in [-0.3, -0.25) is 4.90 Å². The van der Waals surface area contributed by atoms with Crippen LogP contribution in [0.1, 0.15) is 24.8 Å². The first-order valence-corrected chi connectivity index (χ1v) is 8.49. The second-order valence-electron chi connectivity index (χ2n) is 6.03. The normalized spacial score (nSPS) is 22.8. The molecular weight excluding hydrogens is 330 g/mol. The zero-order valence-corrected chi connectivity index (χ0v) is 14.0. The lowest BCUT2D eigenvalue weighted by molar-refractivity contribution is 0.0678. The standard InChI is InChI=1S/C16H22BrN3O/c1-12-10-13(5-6-15(12)17)18-16(21)20-9-8-19-7-3-2-4-14(19)11-20/h5-6,10,14H,2-4,7-9,11H2,1H3,(H,18,21). The molecule has 2 aliphatic heterocycles. The Balaban J connectivity index is 1.61. The highest BCUT2D eigenvalue weighted by Crippen LogP contribution is 2.23. The molecule has 4 nitrogen and oxygen atoms in total. The number of anilines is 1. The molecule has 1 unspecified atom stereocenters. The molecule has 5 heteroatoms. The molecule has 2 aliphatic rings. The summed E-state index contributed by atoms with van der Waals surface area (Å²) in [7, 11) is 0. The van der Waals surface area contributed by atoms with E-state index in [4.69, 9.17) is 0 Å². The molecule has 3 rings (SSSR count). The molecule has 0 bridgehead atoms. The van der Waals surface area contributed by atoms with Gasteiger partial charge in [-0.2, -0.15) is 0 Å². The van der Waals surface area contributed by atoms with Crippen LogP contribution >= 0.6 is 15.9 Å². The van der Waals surface area contributed by atoms with Gasteiger partial charge in [0.2, 0.25) is 0 Å². The van der Waals surface area contributed by atoms with E-state index in [0.29, 0.717) is 6.04 Å². The highest BCUT2D eigenvalue weighted by Gasteiger charge is 2.30. The molecule has 1 atom stereocenters. The van der Waals surface area contributed by atoms with Gasteiger partial charge >= 0.3 is 6.03 Å². The number of halogens is 1. The van der Waals surface area contributed by atoms with Crippen molar-refractivity contribution in [3.63, 3.8) is 0 Å². The minimum Gasteiger partial charge on any atom is -0.322 e. The van der Waals surface area contributed by atoms with Crippen LogP contribution in [0.15, 0.2) is 22.7 Å². The Labute approximate surface area is 134 Å². The van der Waals surface area contributed by atoms with E-state index in [2.05, 4.69) is 26.1 Å². The Hall–Kier alpha value is -1.07. The van der Waals surface area contributed by atoms with Gasteiger partial charge in [0.25, 0.3) is 0 Å². The SMILES string of the molecule is Cc1cc(NC(=O)N2CCN3CCCCC3C2)ccc1Br. The molecule has 2 saturated heterocycles. The van der Waals surface area contributed by atoms with Crippen LogP contribution in [0.2, 0.25) is 0 Å². The fraction of sp³-hybridized carbons (Fsp3) is 0.562. The predicted octanol–water partition coefficient (Wildman–Crippen LogP) is 3.46. The van der Waals surface area contributed by atoms with Crippen molar-refractivity contribution in [3.8, 4) is 0 Å². The van der Waals surface area contributed by atoms with E-state index in [1.54, 1.807) is 0 Å². The molecular formula is C16H22BrN3O. The minimum atomic E-state index is 0.0296. The lowest BCUT2D eigenvalue weighted by Gasteiger charge is -2.43. The van der Waals surface area contributed by atoms with Crippen LogP contribution in [0.4, 0.5) is 10.5 Å². The van der Waals surface area contributed by atoms with Crippen LogP contribution in [0.3, 0.4) is 0 Å². The zero-order valence-electron chi connectivity index (χ0n) is 12.4. The first kappa shape index (κ1) is 14.9. The number of nitrogens with one attached hydrogen (secondary N) is 1. The van der Waals surface area contributed by atoms with Crippen molar-refractivity contribution >= 4 is 27.6 Å². The molecule has 0 saturated carbocycles. The van der Waals surface area contributed by atoms with E-state index in [0.717, 1.165) is 35.4 Å². The number of urea groups is 1. The molecule has 114 valence electrons. The Morgan fingerprint density at radius 1 is 1.29 bits per heavy atom. The fourth-order valence-electron chi connectivity index (χ4n) is 3.27. The molecule has 0 radical (unpaired) electrons. The summed E-state index contributed by atoms with van der Waals surface area (Å²) in [5, 5.41) is 3.02. The lowest BCUT2D eigenvalue weighted by atomic mass is 10.00. The van der Waals surface area contributed by atoms with Crippen LogP contribution in [-0.4, -0.2) is 48.1 Å². The highest BCUT2D eigenvalue weighted by molar-refractivity contribution is 9.10. The second kappa shape index (κ2) is 6.36. The maximum Gasteiger partial charge on any atom is 0.321 e. The fourth-order valence-corrected chi connectivity index (χ4v) is 3.51. The third-order valence-corrected chi connectivity index (χ3v) is 5.42. The summed E-state index contributed by atoms with van der Waals surface area (Å²) in [6.45, 7) is 5.93. The molecule has 1 N–H and O–H groups in total. The molecule has 1 aromatic rings. The summed E-state index contributed by atoms with van der Waals surface area (Å²) in [6, 6.07) is 6.50. The third kappa shape index (κ3) is 3.40. The molecule has 2 heterocycles. The van der Waals surface area contributed by atoms with Gasteiger partial charge in [0.05, 0.1) is 0 Å². The number of carbonyl (C=O) groups excluding carboxylic acids is 1. The number of carbonyl (C=O) groups is 1. The second-order valence-corrected chi connectivity index (χ2v) is 6.88. The summed E-state index contributed by atoms with van der Waals surface area (Å²) < 4.78 is 1.07. The van der Waals surface area contributed by atoms with Crippen molar-refractivity contribution in [1.82, 2.24) is 9.80 Å². The van der Waals surface area contributed by atoms with Gasteiger partial charge < -0.3 is 10.2 Å². The van der Waals surface area contributed by atoms with Crippen molar-refractivity contribution in [2.75, 3.05) is 31.5 Å². The highest BCUT2D eigenvalue weighted by atomic mass is 79.9. The number of piperidine rings is 1. The number of fused-ring (bicyclic) bond motifs is 1. The first-order valence-electron chi connectivity index (χ1n) is 7.69. The van der Waals surface area contributed by atoms with E-state index in [1.165, 1.54) is 25.8 Å². The number of benzene rings is 1. The maximum absolute atomic E-state index is 12.4. The monoisotopic (exact) mass is 351 g/mol. The van der Waals surface area contributed by atoms with Crippen LogP contribution in [0.25, 0.3) is 0 Å².